The van der Waals surface area contributed by atoms with Gasteiger partial charge < -0.3 is 10.6 Å². The van der Waals surface area contributed by atoms with E-state index in [1.165, 1.54) is 25.1 Å². The molecule has 1 unspecified atom stereocenters. The Balaban J connectivity index is 1.72. The summed E-state index contributed by atoms with van der Waals surface area (Å²) in [6, 6.07) is 7.44. The Hall–Kier alpha value is -3.36. The topological polar surface area (TPSA) is 78.5 Å². The molecule has 6 nitrogen and oxygen atoms in total. The molecule has 1 aliphatic rings. The highest BCUT2D eigenvalue weighted by molar-refractivity contribution is 6.09. The first kappa shape index (κ1) is 19.4. The Bertz CT molecular complexity index is 966. The van der Waals surface area contributed by atoms with Crippen molar-refractivity contribution in [3.63, 3.8) is 0 Å². The molecule has 1 atom stereocenters. The van der Waals surface area contributed by atoms with Crippen molar-refractivity contribution in [3.05, 3.63) is 71.0 Å². The average Bonchev–Trinajstić information content (AvgIpc) is 2.87. The second-order valence-corrected chi connectivity index (χ2v) is 6.44. The second-order valence-electron chi connectivity index (χ2n) is 6.44. The molecule has 28 heavy (non-hydrogen) atoms. The fourth-order valence-electron chi connectivity index (χ4n) is 2.94. The van der Waals surface area contributed by atoms with Crippen LogP contribution in [0.25, 0.3) is 0 Å². The Morgan fingerprint density at radius 2 is 1.82 bits per heavy atom. The maximum absolute atomic E-state index is 14.1. The number of halogens is 3. The summed E-state index contributed by atoms with van der Waals surface area (Å²) in [5.74, 6) is -3.77. The lowest BCUT2D eigenvalue weighted by molar-refractivity contribution is -0.134. The van der Waals surface area contributed by atoms with E-state index < -0.39 is 47.4 Å². The molecule has 0 bridgehead atoms. The quantitative estimate of drug-likeness (QED) is 0.767. The molecule has 0 aliphatic carbocycles. The molecule has 146 valence electrons. The third-order valence-corrected chi connectivity index (χ3v) is 4.48. The highest BCUT2D eigenvalue weighted by Crippen LogP contribution is 2.31. The number of nitrogens with one attached hydrogen (secondary N) is 2. The van der Waals surface area contributed by atoms with Crippen LogP contribution in [0, 0.1) is 17.5 Å². The molecule has 3 rings (SSSR count). The minimum absolute atomic E-state index is 0.134. The van der Waals surface area contributed by atoms with Crippen LogP contribution in [0.1, 0.15) is 18.1 Å². The monoisotopic (exact) mass is 391 g/mol. The van der Waals surface area contributed by atoms with E-state index in [-0.39, 0.29) is 17.7 Å². The number of imide groups is 1. The standard InChI is InChI=1S/C19H16F3N3O3/c1-19(13-8-12(20)6-7-15(13)22)17(27)25(18(28)24-19)10-16(26)23-9-11-4-2-3-5-14(11)21/h2-8H,9-10H2,1H3,(H,23,26)(H,24,28). The van der Waals surface area contributed by atoms with E-state index in [0.29, 0.717) is 4.90 Å². The van der Waals surface area contributed by atoms with E-state index in [2.05, 4.69) is 10.6 Å². The molecule has 0 saturated carbocycles. The van der Waals surface area contributed by atoms with E-state index in [9.17, 15) is 27.6 Å². The van der Waals surface area contributed by atoms with Gasteiger partial charge in [-0.2, -0.15) is 0 Å². The Morgan fingerprint density at radius 1 is 1.11 bits per heavy atom. The van der Waals surface area contributed by atoms with E-state index in [1.807, 2.05) is 0 Å². The van der Waals surface area contributed by atoms with Crippen molar-refractivity contribution in [2.75, 3.05) is 6.54 Å². The molecule has 0 aromatic heterocycles. The van der Waals surface area contributed by atoms with Gasteiger partial charge in [-0.05, 0) is 31.2 Å². The van der Waals surface area contributed by atoms with Crippen LogP contribution in [0.5, 0.6) is 0 Å². The average molecular weight is 391 g/mol. The van der Waals surface area contributed by atoms with Gasteiger partial charge in [0.05, 0.1) is 0 Å². The molecular weight excluding hydrogens is 375 g/mol. The first-order chi connectivity index (χ1) is 13.2. The molecule has 2 N–H and O–H groups in total. The first-order valence-electron chi connectivity index (χ1n) is 8.32. The first-order valence-corrected chi connectivity index (χ1v) is 8.32. The molecule has 2 aromatic rings. The largest absolute Gasteiger partial charge is 0.350 e. The summed E-state index contributed by atoms with van der Waals surface area (Å²) < 4.78 is 41.2. The number of amides is 4. The molecule has 4 amide bonds. The number of carbonyl (C=O) groups excluding carboxylic acids is 3. The summed E-state index contributed by atoms with van der Waals surface area (Å²) in [4.78, 5) is 37.6. The third-order valence-electron chi connectivity index (χ3n) is 4.48. The minimum atomic E-state index is -1.85. The lowest BCUT2D eigenvalue weighted by Gasteiger charge is -2.22. The Labute approximate surface area is 158 Å². The van der Waals surface area contributed by atoms with Crippen LogP contribution in [0.3, 0.4) is 0 Å². The summed E-state index contributed by atoms with van der Waals surface area (Å²) in [7, 11) is 0. The van der Waals surface area contributed by atoms with Gasteiger partial charge in [-0.25, -0.2) is 18.0 Å². The fraction of sp³-hybridized carbons (Fsp3) is 0.211. The van der Waals surface area contributed by atoms with Crippen LogP contribution in [0.2, 0.25) is 0 Å². The number of nitrogens with zero attached hydrogens (tertiary/aromatic N) is 1. The van der Waals surface area contributed by atoms with Crippen molar-refractivity contribution in [3.8, 4) is 0 Å². The molecule has 1 saturated heterocycles. The second kappa shape index (κ2) is 7.34. The van der Waals surface area contributed by atoms with Gasteiger partial charge in [0, 0.05) is 17.7 Å². The Kier molecular flexibility index (Phi) is 5.08. The number of urea groups is 1. The Morgan fingerprint density at radius 3 is 2.54 bits per heavy atom. The van der Waals surface area contributed by atoms with Crippen molar-refractivity contribution in [2.24, 2.45) is 0 Å². The van der Waals surface area contributed by atoms with E-state index in [1.54, 1.807) is 6.07 Å². The molecule has 1 heterocycles. The van der Waals surface area contributed by atoms with Crippen LogP contribution in [-0.4, -0.2) is 29.3 Å². The summed E-state index contributed by atoms with van der Waals surface area (Å²) in [6.07, 6.45) is 0. The van der Waals surface area contributed by atoms with E-state index in [4.69, 9.17) is 0 Å². The molecule has 1 fully saturated rings. The zero-order chi connectivity index (χ0) is 20.5. The zero-order valence-corrected chi connectivity index (χ0v) is 14.8. The van der Waals surface area contributed by atoms with Crippen LogP contribution in [-0.2, 0) is 21.7 Å². The lowest BCUT2D eigenvalue weighted by atomic mass is 9.91. The van der Waals surface area contributed by atoms with Crippen molar-refractivity contribution in [1.82, 2.24) is 15.5 Å². The van der Waals surface area contributed by atoms with Crippen LogP contribution >= 0.6 is 0 Å². The summed E-state index contributed by atoms with van der Waals surface area (Å²) in [5, 5.41) is 4.70. The van der Waals surface area contributed by atoms with Gasteiger partial charge in [0.1, 0.15) is 29.5 Å². The smallest absolute Gasteiger partial charge is 0.325 e. The number of carbonyl (C=O) groups is 3. The van der Waals surface area contributed by atoms with Gasteiger partial charge in [0.2, 0.25) is 5.91 Å². The predicted octanol–water partition coefficient (Wildman–Crippen LogP) is 2.19. The number of hydrogen-bond acceptors (Lipinski definition) is 3. The highest BCUT2D eigenvalue weighted by Gasteiger charge is 2.50. The fourth-order valence-corrected chi connectivity index (χ4v) is 2.94. The molecular formula is C19H16F3N3O3. The van der Waals surface area contributed by atoms with Crippen LogP contribution < -0.4 is 10.6 Å². The normalized spacial score (nSPS) is 18.9. The van der Waals surface area contributed by atoms with Gasteiger partial charge in [-0.3, -0.25) is 14.5 Å². The van der Waals surface area contributed by atoms with Crippen molar-refractivity contribution >= 4 is 17.8 Å². The maximum atomic E-state index is 14.1. The van der Waals surface area contributed by atoms with E-state index >= 15 is 0 Å². The zero-order valence-electron chi connectivity index (χ0n) is 14.8. The number of rotatable bonds is 5. The minimum Gasteiger partial charge on any atom is -0.350 e. The van der Waals surface area contributed by atoms with Crippen molar-refractivity contribution in [1.29, 1.82) is 0 Å². The van der Waals surface area contributed by atoms with Gasteiger partial charge >= 0.3 is 6.03 Å². The predicted molar refractivity (Wildman–Crippen MR) is 92.2 cm³/mol. The summed E-state index contributed by atoms with van der Waals surface area (Å²) in [5.41, 5.74) is -1.96. The molecule has 2 aromatic carbocycles. The lowest BCUT2D eigenvalue weighted by Crippen LogP contribution is -2.43. The van der Waals surface area contributed by atoms with E-state index in [0.717, 1.165) is 18.2 Å². The number of hydrogen-bond donors (Lipinski definition) is 2. The maximum Gasteiger partial charge on any atom is 0.325 e. The third kappa shape index (κ3) is 3.55. The number of benzene rings is 2. The van der Waals surface area contributed by atoms with Crippen LogP contribution in [0.15, 0.2) is 42.5 Å². The molecule has 0 spiro atoms. The van der Waals surface area contributed by atoms with Crippen molar-refractivity contribution < 1.29 is 27.6 Å². The van der Waals surface area contributed by atoms with Gasteiger partial charge in [0.25, 0.3) is 5.91 Å². The summed E-state index contributed by atoms with van der Waals surface area (Å²) >= 11 is 0. The van der Waals surface area contributed by atoms with Crippen molar-refractivity contribution in [2.45, 2.75) is 19.0 Å². The van der Waals surface area contributed by atoms with Gasteiger partial charge in [-0.1, -0.05) is 18.2 Å². The highest BCUT2D eigenvalue weighted by atomic mass is 19.1. The molecule has 1 aliphatic heterocycles. The van der Waals surface area contributed by atoms with Gasteiger partial charge in [-0.15, -0.1) is 0 Å². The van der Waals surface area contributed by atoms with Gasteiger partial charge in [0.15, 0.2) is 0 Å². The molecule has 0 radical (unpaired) electrons. The summed E-state index contributed by atoms with van der Waals surface area (Å²) in [6.45, 7) is 0.443. The van der Waals surface area contributed by atoms with Crippen LogP contribution in [0.4, 0.5) is 18.0 Å². The molecule has 9 heteroatoms. The SMILES string of the molecule is CC1(c2cc(F)ccc2F)NC(=O)N(CC(=O)NCc2ccccc2F)C1=O.